The van der Waals surface area contributed by atoms with Gasteiger partial charge in [-0.3, -0.25) is 9.97 Å². The first-order chi connectivity index (χ1) is 13.2. The van der Waals surface area contributed by atoms with E-state index in [0.717, 1.165) is 39.8 Å². The van der Waals surface area contributed by atoms with Crippen molar-refractivity contribution < 1.29 is 9.68 Å². The molecule has 0 saturated heterocycles. The second-order valence-corrected chi connectivity index (χ2v) is 7.90. The maximum absolute atomic E-state index is 5.56. The highest BCUT2D eigenvalue weighted by atomic mass is 16.6. The number of hydrogen-bond acceptors (Lipinski definition) is 6. The van der Waals surface area contributed by atoms with E-state index in [0.29, 0.717) is 13.2 Å². The first kappa shape index (κ1) is 21.5. The van der Waals surface area contributed by atoms with Crippen LogP contribution in [0.1, 0.15) is 56.0 Å². The van der Waals surface area contributed by atoms with Crippen LogP contribution in [-0.4, -0.2) is 34.6 Å². The van der Waals surface area contributed by atoms with Crippen molar-refractivity contribution in [1.82, 2.24) is 9.97 Å². The molecule has 0 amide bonds. The Balaban J connectivity index is 1.88. The smallest absolute Gasteiger partial charge is 0.125 e. The normalized spacial score (nSPS) is 12.8. The predicted molar refractivity (Wildman–Crippen MR) is 113 cm³/mol. The van der Waals surface area contributed by atoms with Gasteiger partial charge in [-0.25, -0.2) is 0 Å². The van der Waals surface area contributed by atoms with Gasteiger partial charge in [-0.2, -0.15) is 0 Å². The quantitative estimate of drug-likeness (QED) is 0.494. The average Bonchev–Trinajstić information content (AvgIpc) is 2.60. The van der Waals surface area contributed by atoms with Crippen molar-refractivity contribution >= 4 is 11.4 Å². The van der Waals surface area contributed by atoms with Gasteiger partial charge in [0.2, 0.25) is 0 Å². The van der Waals surface area contributed by atoms with Crippen LogP contribution in [-0.2, 0) is 9.68 Å². The molecule has 0 aromatic carbocycles. The van der Waals surface area contributed by atoms with Crippen molar-refractivity contribution in [3.8, 4) is 0 Å². The lowest BCUT2D eigenvalue weighted by molar-refractivity contribution is -0.00000534. The zero-order valence-electron chi connectivity index (χ0n) is 17.9. The second kappa shape index (κ2) is 9.44. The lowest BCUT2D eigenvalue weighted by atomic mass is 9.97. The van der Waals surface area contributed by atoms with E-state index in [9.17, 15) is 0 Å². The molecule has 2 rings (SSSR count). The molecule has 28 heavy (non-hydrogen) atoms. The molecule has 0 aliphatic carbocycles. The Bertz CT molecular complexity index is 852. The van der Waals surface area contributed by atoms with Crippen LogP contribution in [0.2, 0.25) is 0 Å². The molecule has 2 aromatic heterocycles. The number of pyridine rings is 2. The fraction of sp³-hybridized carbons (Fsp3) is 0.455. The Labute approximate surface area is 167 Å². The van der Waals surface area contributed by atoms with Gasteiger partial charge in [0, 0.05) is 16.8 Å². The summed E-state index contributed by atoms with van der Waals surface area (Å²) in [6.45, 7) is 14.7. The summed E-state index contributed by atoms with van der Waals surface area (Å²) >= 11 is 0. The minimum absolute atomic E-state index is 0.246. The molecule has 2 aromatic rings. The highest BCUT2D eigenvalue weighted by molar-refractivity contribution is 5.97. The molecule has 6 heteroatoms. The summed E-state index contributed by atoms with van der Waals surface area (Å²) in [5.74, 6) is 0. The van der Waals surface area contributed by atoms with E-state index < -0.39 is 0 Å². The number of nitrogens with zero attached hydrogens (tertiary/aromatic N) is 4. The van der Waals surface area contributed by atoms with Crippen LogP contribution in [0.25, 0.3) is 0 Å². The van der Waals surface area contributed by atoms with E-state index in [1.807, 2.05) is 78.8 Å². The van der Waals surface area contributed by atoms with Crippen LogP contribution in [0, 0.1) is 26.2 Å². The third-order valence-electron chi connectivity index (χ3n) is 4.04. The van der Waals surface area contributed by atoms with Crippen molar-refractivity contribution in [2.45, 2.75) is 48.5 Å². The van der Waals surface area contributed by atoms with E-state index in [4.69, 9.17) is 9.68 Å². The molecule has 0 bridgehead atoms. The van der Waals surface area contributed by atoms with Crippen LogP contribution in [0.5, 0.6) is 0 Å². The summed E-state index contributed by atoms with van der Waals surface area (Å²) < 4.78 is 0. The van der Waals surface area contributed by atoms with Crippen molar-refractivity contribution in [3.05, 3.63) is 58.7 Å². The van der Waals surface area contributed by atoms with Gasteiger partial charge < -0.3 is 9.68 Å². The number of aromatic nitrogens is 2. The molecule has 0 saturated carbocycles. The van der Waals surface area contributed by atoms with Crippen LogP contribution >= 0.6 is 0 Å². The molecule has 0 spiro atoms. The van der Waals surface area contributed by atoms with Crippen LogP contribution in [0.4, 0.5) is 0 Å². The van der Waals surface area contributed by atoms with E-state index in [1.54, 1.807) is 0 Å². The van der Waals surface area contributed by atoms with Crippen molar-refractivity contribution in [3.63, 3.8) is 0 Å². The number of aryl methyl sites for hydroxylation is 3. The third-order valence-corrected chi connectivity index (χ3v) is 4.04. The zero-order valence-corrected chi connectivity index (χ0v) is 17.9. The van der Waals surface area contributed by atoms with Crippen molar-refractivity contribution in [1.29, 1.82) is 0 Å². The molecule has 150 valence electrons. The summed E-state index contributed by atoms with van der Waals surface area (Å²) in [6.07, 6.45) is 0. The van der Waals surface area contributed by atoms with Crippen molar-refractivity contribution in [2.24, 2.45) is 15.7 Å². The van der Waals surface area contributed by atoms with Crippen LogP contribution in [0.15, 0.2) is 40.6 Å². The highest BCUT2D eigenvalue weighted by Crippen LogP contribution is 2.17. The SMILES string of the molecule is C/C(=N\OCC(C)(C)CO/N=C(\C)c1cc(C)cc(C)n1)c1cccc(C)n1. The minimum atomic E-state index is -0.246. The number of rotatable bonds is 8. The van der Waals surface area contributed by atoms with Gasteiger partial charge in [0.25, 0.3) is 0 Å². The second-order valence-electron chi connectivity index (χ2n) is 7.90. The first-order valence-corrected chi connectivity index (χ1v) is 9.39. The van der Waals surface area contributed by atoms with Crippen LogP contribution < -0.4 is 0 Å². The Morgan fingerprint density at radius 1 is 0.857 bits per heavy atom. The van der Waals surface area contributed by atoms with Gasteiger partial charge >= 0.3 is 0 Å². The van der Waals surface area contributed by atoms with Crippen LogP contribution in [0.3, 0.4) is 0 Å². The maximum Gasteiger partial charge on any atom is 0.125 e. The van der Waals surface area contributed by atoms with E-state index in [-0.39, 0.29) is 5.41 Å². The number of hydrogen-bond donors (Lipinski definition) is 0. The van der Waals surface area contributed by atoms with Gasteiger partial charge in [-0.1, -0.05) is 30.2 Å². The van der Waals surface area contributed by atoms with Gasteiger partial charge in [-0.05, 0) is 64.4 Å². The summed E-state index contributed by atoms with van der Waals surface area (Å²) in [6, 6.07) is 9.86. The lowest BCUT2D eigenvalue weighted by Gasteiger charge is -2.21. The summed E-state index contributed by atoms with van der Waals surface area (Å²) in [5, 5.41) is 8.40. The topological polar surface area (TPSA) is 69.0 Å². The zero-order chi connectivity index (χ0) is 20.7. The van der Waals surface area contributed by atoms with Gasteiger partial charge in [0.15, 0.2) is 0 Å². The molecule has 0 N–H and O–H groups in total. The summed E-state index contributed by atoms with van der Waals surface area (Å²) in [5.41, 5.74) is 5.97. The standard InChI is InChI=1S/C22H30N4O2/c1-15-11-17(3)24-21(12-15)19(5)26-28-14-22(6,7)13-27-25-18(4)20-10-8-9-16(2)23-20/h8-12H,13-14H2,1-7H3/b25-18+,26-19+. The summed E-state index contributed by atoms with van der Waals surface area (Å²) in [7, 11) is 0. The Morgan fingerprint density at radius 3 is 2.00 bits per heavy atom. The highest BCUT2D eigenvalue weighted by Gasteiger charge is 2.20. The molecular formula is C22H30N4O2. The fourth-order valence-electron chi connectivity index (χ4n) is 2.51. The van der Waals surface area contributed by atoms with E-state index in [2.05, 4.69) is 20.3 Å². The Hall–Kier alpha value is -2.76. The molecule has 0 aliphatic rings. The largest absolute Gasteiger partial charge is 0.395 e. The monoisotopic (exact) mass is 382 g/mol. The minimum Gasteiger partial charge on any atom is -0.395 e. The molecule has 0 atom stereocenters. The third kappa shape index (κ3) is 6.76. The van der Waals surface area contributed by atoms with Gasteiger partial charge in [-0.15, -0.1) is 0 Å². The van der Waals surface area contributed by atoms with Gasteiger partial charge in [0.05, 0.1) is 11.4 Å². The van der Waals surface area contributed by atoms with E-state index in [1.165, 1.54) is 0 Å². The molecule has 6 nitrogen and oxygen atoms in total. The van der Waals surface area contributed by atoms with Gasteiger partial charge in [0.1, 0.15) is 24.6 Å². The first-order valence-electron chi connectivity index (χ1n) is 9.39. The summed E-state index contributed by atoms with van der Waals surface area (Å²) in [4.78, 5) is 20.0. The molecule has 0 fully saturated rings. The molecule has 0 aliphatic heterocycles. The Kier molecular flexibility index (Phi) is 7.26. The maximum atomic E-state index is 5.56. The predicted octanol–water partition coefficient (Wildman–Crippen LogP) is 4.61. The molecular weight excluding hydrogens is 352 g/mol. The number of oxime groups is 2. The molecule has 0 radical (unpaired) electrons. The molecule has 2 heterocycles. The molecule has 0 unspecified atom stereocenters. The lowest BCUT2D eigenvalue weighted by Crippen LogP contribution is -2.24. The fourth-order valence-corrected chi connectivity index (χ4v) is 2.51. The average molecular weight is 383 g/mol. The van der Waals surface area contributed by atoms with E-state index >= 15 is 0 Å². The Morgan fingerprint density at radius 2 is 1.43 bits per heavy atom. The van der Waals surface area contributed by atoms with Crippen molar-refractivity contribution in [2.75, 3.05) is 13.2 Å².